The fourth-order valence-corrected chi connectivity index (χ4v) is 3.06. The van der Waals surface area contributed by atoms with Crippen molar-refractivity contribution in [2.24, 2.45) is 5.92 Å². The van der Waals surface area contributed by atoms with Crippen LogP contribution in [0.1, 0.15) is 31.2 Å². The largest absolute Gasteiger partial charge is 0.206 e. The zero-order valence-electron chi connectivity index (χ0n) is 9.38. The minimum absolute atomic E-state index is 0.380. The van der Waals surface area contributed by atoms with Crippen LogP contribution in [0.25, 0.3) is 0 Å². The molecular formula is C13H13ClFNS. The van der Waals surface area contributed by atoms with Crippen LogP contribution in [0.2, 0.25) is 5.02 Å². The molecule has 0 radical (unpaired) electrons. The van der Waals surface area contributed by atoms with Crippen LogP contribution in [0.5, 0.6) is 0 Å². The van der Waals surface area contributed by atoms with Crippen LogP contribution in [-0.4, -0.2) is 0 Å². The summed E-state index contributed by atoms with van der Waals surface area (Å²) in [5.41, 5.74) is 0.970. The maximum Gasteiger partial charge on any atom is 0.139 e. The summed E-state index contributed by atoms with van der Waals surface area (Å²) in [6, 6.07) is 3.05. The first-order valence-corrected chi connectivity index (χ1v) is 6.94. The van der Waals surface area contributed by atoms with Crippen molar-refractivity contribution in [1.82, 2.24) is 0 Å². The van der Waals surface area contributed by atoms with Crippen LogP contribution in [0.15, 0.2) is 17.0 Å². The number of halogens is 2. The van der Waals surface area contributed by atoms with E-state index in [1.54, 1.807) is 6.07 Å². The van der Waals surface area contributed by atoms with Crippen molar-refractivity contribution in [3.05, 3.63) is 28.5 Å². The van der Waals surface area contributed by atoms with E-state index in [4.69, 9.17) is 16.9 Å². The van der Waals surface area contributed by atoms with E-state index in [0.717, 1.165) is 23.7 Å². The molecule has 0 bridgehead atoms. The average molecular weight is 270 g/mol. The summed E-state index contributed by atoms with van der Waals surface area (Å²) in [6.45, 7) is 0. The topological polar surface area (TPSA) is 23.8 Å². The molecule has 0 spiro atoms. The summed E-state index contributed by atoms with van der Waals surface area (Å²) in [7, 11) is 0. The van der Waals surface area contributed by atoms with Crippen LogP contribution >= 0.6 is 23.4 Å². The second-order valence-electron chi connectivity index (χ2n) is 4.42. The molecule has 1 fully saturated rings. The predicted molar refractivity (Wildman–Crippen MR) is 68.5 cm³/mol. The lowest BCUT2D eigenvalue weighted by atomic mass is 9.98. The standard InChI is InChI=1S/C13H13ClFNS/c14-11-7-12(15)13(17-8-16)6-10(11)5-9-3-1-2-4-9/h6-7,9H,1-5H2. The zero-order chi connectivity index (χ0) is 12.3. The Balaban J connectivity index is 2.20. The fraction of sp³-hybridized carbons (Fsp3) is 0.462. The Kier molecular flexibility index (Phi) is 4.31. The van der Waals surface area contributed by atoms with Crippen LogP contribution in [-0.2, 0) is 6.42 Å². The molecular weight excluding hydrogens is 257 g/mol. The Hall–Kier alpha value is -0.720. The normalized spacial score (nSPS) is 16.1. The molecule has 1 aliphatic rings. The molecule has 0 saturated heterocycles. The van der Waals surface area contributed by atoms with Crippen molar-refractivity contribution in [1.29, 1.82) is 5.26 Å². The van der Waals surface area contributed by atoms with Gasteiger partial charge in [-0.05, 0) is 41.8 Å². The van der Waals surface area contributed by atoms with Crippen molar-refractivity contribution in [3.63, 3.8) is 0 Å². The number of rotatable bonds is 3. The molecule has 4 heteroatoms. The number of nitriles is 1. The summed E-state index contributed by atoms with van der Waals surface area (Å²) >= 11 is 6.90. The fourth-order valence-electron chi connectivity index (χ4n) is 2.38. The average Bonchev–Trinajstić information content (AvgIpc) is 2.78. The maximum absolute atomic E-state index is 13.5. The molecule has 1 aromatic rings. The summed E-state index contributed by atoms with van der Waals surface area (Å²) < 4.78 is 13.5. The first-order valence-electron chi connectivity index (χ1n) is 5.74. The molecule has 0 aliphatic heterocycles. The van der Waals surface area contributed by atoms with Crippen molar-refractivity contribution < 1.29 is 4.39 Å². The molecule has 0 unspecified atom stereocenters. The van der Waals surface area contributed by atoms with Gasteiger partial charge in [0.2, 0.25) is 0 Å². The van der Waals surface area contributed by atoms with E-state index in [-0.39, 0.29) is 0 Å². The third-order valence-electron chi connectivity index (χ3n) is 3.24. The molecule has 1 saturated carbocycles. The summed E-state index contributed by atoms with van der Waals surface area (Å²) in [6.07, 6.45) is 5.92. The molecule has 0 aromatic heterocycles. The van der Waals surface area contributed by atoms with Crippen molar-refractivity contribution >= 4 is 23.4 Å². The highest BCUT2D eigenvalue weighted by molar-refractivity contribution is 8.03. The quantitative estimate of drug-likeness (QED) is 0.582. The summed E-state index contributed by atoms with van der Waals surface area (Å²) in [4.78, 5) is 0.380. The van der Waals surface area contributed by atoms with E-state index in [1.165, 1.54) is 31.7 Å². The molecule has 0 heterocycles. The molecule has 0 N–H and O–H groups in total. The van der Waals surface area contributed by atoms with Gasteiger partial charge in [0.1, 0.15) is 11.2 Å². The Morgan fingerprint density at radius 3 is 2.76 bits per heavy atom. The SMILES string of the molecule is N#CSc1cc(CC2CCCC2)c(Cl)cc1F. The molecule has 1 aliphatic carbocycles. The first kappa shape index (κ1) is 12.7. The number of thiocyanates is 1. The predicted octanol–water partition coefficient (Wildman–Crippen LogP) is 4.78. The van der Waals surface area contributed by atoms with Crippen LogP contribution in [0.3, 0.4) is 0 Å². The molecule has 0 atom stereocenters. The third-order valence-corrected chi connectivity index (χ3v) is 4.22. The Morgan fingerprint density at radius 1 is 1.41 bits per heavy atom. The maximum atomic E-state index is 13.5. The van der Waals surface area contributed by atoms with Crippen LogP contribution < -0.4 is 0 Å². The van der Waals surface area contributed by atoms with Crippen molar-refractivity contribution in [2.45, 2.75) is 37.0 Å². The van der Waals surface area contributed by atoms with E-state index in [1.807, 2.05) is 5.40 Å². The van der Waals surface area contributed by atoms with Gasteiger partial charge >= 0.3 is 0 Å². The van der Waals surface area contributed by atoms with Gasteiger partial charge < -0.3 is 0 Å². The molecule has 0 amide bonds. The highest BCUT2D eigenvalue weighted by atomic mass is 35.5. The number of thioether (sulfide) groups is 1. The van der Waals surface area contributed by atoms with E-state index in [0.29, 0.717) is 15.8 Å². The first-order chi connectivity index (χ1) is 8.20. The number of hydrogen-bond acceptors (Lipinski definition) is 2. The Labute approximate surface area is 110 Å². The highest BCUT2D eigenvalue weighted by Gasteiger charge is 2.18. The number of nitrogens with zero attached hydrogens (tertiary/aromatic N) is 1. The van der Waals surface area contributed by atoms with Gasteiger partial charge in [-0.25, -0.2) is 4.39 Å². The lowest BCUT2D eigenvalue weighted by Crippen LogP contribution is -2.00. The van der Waals surface area contributed by atoms with Crippen molar-refractivity contribution in [3.8, 4) is 5.40 Å². The van der Waals surface area contributed by atoms with Gasteiger partial charge in [0.25, 0.3) is 0 Å². The van der Waals surface area contributed by atoms with E-state index in [9.17, 15) is 4.39 Å². The third kappa shape index (κ3) is 3.14. The Bertz CT molecular complexity index is 449. The van der Waals surface area contributed by atoms with Gasteiger partial charge in [-0.3, -0.25) is 0 Å². The van der Waals surface area contributed by atoms with Crippen LogP contribution in [0.4, 0.5) is 4.39 Å². The van der Waals surface area contributed by atoms with Crippen LogP contribution in [0, 0.1) is 22.4 Å². The van der Waals surface area contributed by atoms with Crippen molar-refractivity contribution in [2.75, 3.05) is 0 Å². The second kappa shape index (κ2) is 5.75. The van der Waals surface area contributed by atoms with E-state index in [2.05, 4.69) is 0 Å². The lowest BCUT2D eigenvalue weighted by Gasteiger charge is -2.11. The highest BCUT2D eigenvalue weighted by Crippen LogP contribution is 2.33. The van der Waals surface area contributed by atoms with Gasteiger partial charge in [0, 0.05) is 5.02 Å². The smallest absolute Gasteiger partial charge is 0.139 e. The molecule has 2 rings (SSSR count). The van der Waals surface area contributed by atoms with Gasteiger partial charge in [0.05, 0.1) is 4.90 Å². The minimum atomic E-state index is -0.406. The number of hydrogen-bond donors (Lipinski definition) is 0. The summed E-state index contributed by atoms with van der Waals surface area (Å²) in [5, 5.41) is 11.0. The molecule has 90 valence electrons. The van der Waals surface area contributed by atoms with Gasteiger partial charge in [-0.15, -0.1) is 0 Å². The van der Waals surface area contributed by atoms with E-state index < -0.39 is 5.82 Å². The van der Waals surface area contributed by atoms with E-state index >= 15 is 0 Å². The monoisotopic (exact) mass is 269 g/mol. The van der Waals surface area contributed by atoms with Gasteiger partial charge in [-0.2, -0.15) is 5.26 Å². The zero-order valence-corrected chi connectivity index (χ0v) is 11.0. The molecule has 1 aromatic carbocycles. The minimum Gasteiger partial charge on any atom is -0.206 e. The van der Waals surface area contributed by atoms with Gasteiger partial charge in [0.15, 0.2) is 0 Å². The lowest BCUT2D eigenvalue weighted by molar-refractivity contribution is 0.543. The Morgan fingerprint density at radius 2 is 2.12 bits per heavy atom. The molecule has 1 nitrogen and oxygen atoms in total. The summed E-state index contributed by atoms with van der Waals surface area (Å²) in [5.74, 6) is 0.259. The molecule has 17 heavy (non-hydrogen) atoms. The second-order valence-corrected chi connectivity index (χ2v) is 5.66. The number of benzene rings is 1. The van der Waals surface area contributed by atoms with Gasteiger partial charge in [-0.1, -0.05) is 37.3 Å².